The molecule has 0 bridgehead atoms. The highest BCUT2D eigenvalue weighted by Crippen LogP contribution is 2.40. The van der Waals surface area contributed by atoms with Crippen molar-refractivity contribution in [1.82, 2.24) is 4.98 Å². The maximum atomic E-state index is 13.5. The zero-order chi connectivity index (χ0) is 23.1. The molecule has 0 N–H and O–H groups in total. The average Bonchev–Trinajstić information content (AvgIpc) is 3.21. The maximum absolute atomic E-state index is 13.5. The van der Waals surface area contributed by atoms with Crippen molar-refractivity contribution in [2.45, 2.75) is 45.2 Å². The molecule has 170 valence electrons. The van der Waals surface area contributed by atoms with Gasteiger partial charge in [0.1, 0.15) is 5.00 Å². The van der Waals surface area contributed by atoms with Crippen LogP contribution in [0.1, 0.15) is 13.8 Å². The Hall–Kier alpha value is -1.98. The quantitative estimate of drug-likeness (QED) is 0.508. The van der Waals surface area contributed by atoms with E-state index in [2.05, 4.69) is 4.98 Å². The monoisotopic (exact) mass is 512 g/mol. The molecule has 1 aliphatic rings. The third-order valence-electron chi connectivity index (χ3n) is 4.93. The molecule has 1 aromatic heterocycles. The standard InChI is InChI=1S/C21H21ClN2O5S3/c1-14-12-24(13-15(2)29-14)20-19(31(25,26)18-10-8-16(22)9-11-18)23-21(30-20)32(27,28)17-6-4-3-5-7-17/h3-11,14-15H,12-13H2,1-2H3/t14-,15+. The lowest BCUT2D eigenvalue weighted by Gasteiger charge is -2.36. The molecule has 0 spiro atoms. The predicted molar refractivity (Wildman–Crippen MR) is 123 cm³/mol. The lowest BCUT2D eigenvalue weighted by atomic mass is 10.2. The van der Waals surface area contributed by atoms with Crippen molar-refractivity contribution in [3.8, 4) is 0 Å². The maximum Gasteiger partial charge on any atom is 0.233 e. The number of nitrogens with zero attached hydrogens (tertiary/aromatic N) is 2. The van der Waals surface area contributed by atoms with Crippen LogP contribution in [0.15, 0.2) is 73.8 Å². The normalized spacial score (nSPS) is 19.8. The van der Waals surface area contributed by atoms with Gasteiger partial charge in [0.05, 0.1) is 22.0 Å². The Balaban J connectivity index is 1.89. The van der Waals surface area contributed by atoms with E-state index in [4.69, 9.17) is 16.3 Å². The van der Waals surface area contributed by atoms with Gasteiger partial charge in [-0.3, -0.25) is 0 Å². The Bertz CT molecular complexity index is 1310. The lowest BCUT2D eigenvalue weighted by Crippen LogP contribution is -2.45. The van der Waals surface area contributed by atoms with Crippen molar-refractivity contribution >= 4 is 47.6 Å². The molecule has 0 radical (unpaired) electrons. The van der Waals surface area contributed by atoms with Crippen LogP contribution in [0.2, 0.25) is 5.02 Å². The number of benzene rings is 2. The number of rotatable bonds is 5. The van der Waals surface area contributed by atoms with Crippen LogP contribution in [-0.2, 0) is 24.4 Å². The van der Waals surface area contributed by atoms with Crippen LogP contribution in [0.5, 0.6) is 0 Å². The van der Waals surface area contributed by atoms with Crippen LogP contribution in [0.25, 0.3) is 0 Å². The minimum absolute atomic E-state index is 0.00790. The summed E-state index contributed by atoms with van der Waals surface area (Å²) in [6.07, 6.45) is -0.303. The molecule has 2 atom stereocenters. The van der Waals surface area contributed by atoms with E-state index in [9.17, 15) is 16.8 Å². The highest BCUT2D eigenvalue weighted by molar-refractivity contribution is 7.94. The molecule has 11 heteroatoms. The first-order chi connectivity index (χ1) is 15.1. The summed E-state index contributed by atoms with van der Waals surface area (Å²) in [5.41, 5.74) is 0. The van der Waals surface area contributed by atoms with Gasteiger partial charge in [-0.1, -0.05) is 41.1 Å². The summed E-state index contributed by atoms with van der Waals surface area (Å²) >= 11 is 6.78. The van der Waals surface area contributed by atoms with Gasteiger partial charge < -0.3 is 9.64 Å². The fourth-order valence-corrected chi connectivity index (χ4v) is 8.13. The van der Waals surface area contributed by atoms with E-state index in [-0.39, 0.29) is 36.4 Å². The summed E-state index contributed by atoms with van der Waals surface area (Å²) in [5.74, 6) is 0. The third-order valence-corrected chi connectivity index (χ3v) is 10.3. The number of aromatic nitrogens is 1. The summed E-state index contributed by atoms with van der Waals surface area (Å²) in [5, 5.41) is 0.405. The predicted octanol–water partition coefficient (Wildman–Crippen LogP) is 4.08. The summed E-state index contributed by atoms with van der Waals surface area (Å²) in [6.45, 7) is 4.61. The number of ether oxygens (including phenoxy) is 1. The van der Waals surface area contributed by atoms with Crippen molar-refractivity contribution in [3.05, 3.63) is 59.6 Å². The van der Waals surface area contributed by atoms with E-state index in [0.29, 0.717) is 18.1 Å². The van der Waals surface area contributed by atoms with Gasteiger partial charge in [-0.05, 0) is 50.2 Å². The van der Waals surface area contributed by atoms with Crippen LogP contribution in [0.3, 0.4) is 0 Å². The van der Waals surface area contributed by atoms with E-state index in [0.717, 1.165) is 11.3 Å². The van der Waals surface area contributed by atoms with Crippen LogP contribution >= 0.6 is 22.9 Å². The molecule has 0 saturated carbocycles. The van der Waals surface area contributed by atoms with Crippen molar-refractivity contribution in [2.75, 3.05) is 18.0 Å². The topological polar surface area (TPSA) is 93.6 Å². The summed E-state index contributed by atoms with van der Waals surface area (Å²) in [6, 6.07) is 13.6. The molecule has 1 fully saturated rings. The van der Waals surface area contributed by atoms with Crippen molar-refractivity contribution < 1.29 is 21.6 Å². The van der Waals surface area contributed by atoms with Gasteiger partial charge in [-0.25, -0.2) is 21.8 Å². The molecule has 32 heavy (non-hydrogen) atoms. The van der Waals surface area contributed by atoms with Gasteiger partial charge in [-0.2, -0.15) is 0 Å². The molecule has 0 aliphatic carbocycles. The number of hydrogen-bond acceptors (Lipinski definition) is 8. The molecule has 2 aromatic carbocycles. The minimum Gasteiger partial charge on any atom is -0.372 e. The number of sulfone groups is 2. The first kappa shape index (κ1) is 23.2. The fourth-order valence-electron chi connectivity index (χ4n) is 3.54. The Morgan fingerprint density at radius 3 is 2.06 bits per heavy atom. The zero-order valence-corrected chi connectivity index (χ0v) is 20.5. The molecular formula is C21H21ClN2O5S3. The molecule has 3 aromatic rings. The van der Waals surface area contributed by atoms with E-state index < -0.39 is 19.7 Å². The first-order valence-corrected chi connectivity index (χ1v) is 14.0. The highest BCUT2D eigenvalue weighted by Gasteiger charge is 2.35. The van der Waals surface area contributed by atoms with Crippen LogP contribution in [0, 0.1) is 0 Å². The van der Waals surface area contributed by atoms with Gasteiger partial charge in [0.2, 0.25) is 24.0 Å². The van der Waals surface area contributed by atoms with E-state index in [1.54, 1.807) is 18.2 Å². The summed E-state index contributed by atoms with van der Waals surface area (Å²) < 4.78 is 58.9. The number of halogens is 1. The second-order valence-electron chi connectivity index (χ2n) is 7.53. The number of anilines is 1. The lowest BCUT2D eigenvalue weighted by molar-refractivity contribution is -0.00517. The van der Waals surface area contributed by atoms with Gasteiger partial charge in [-0.15, -0.1) is 0 Å². The molecule has 0 unspecified atom stereocenters. The Morgan fingerprint density at radius 2 is 1.47 bits per heavy atom. The van der Waals surface area contributed by atoms with Crippen LogP contribution in [0.4, 0.5) is 5.00 Å². The largest absolute Gasteiger partial charge is 0.372 e. The van der Waals surface area contributed by atoms with Gasteiger partial charge in [0, 0.05) is 18.1 Å². The second kappa shape index (κ2) is 8.75. The Morgan fingerprint density at radius 1 is 0.906 bits per heavy atom. The average molecular weight is 513 g/mol. The molecule has 7 nitrogen and oxygen atoms in total. The first-order valence-electron chi connectivity index (χ1n) is 9.81. The van der Waals surface area contributed by atoms with E-state index in [1.807, 2.05) is 18.7 Å². The summed E-state index contributed by atoms with van der Waals surface area (Å²) in [4.78, 5) is 6.06. The second-order valence-corrected chi connectivity index (χ2v) is 12.9. The number of thiazole rings is 1. The summed E-state index contributed by atoms with van der Waals surface area (Å²) in [7, 11) is -8.09. The third kappa shape index (κ3) is 4.42. The number of hydrogen-bond donors (Lipinski definition) is 0. The molecular weight excluding hydrogens is 492 g/mol. The van der Waals surface area contributed by atoms with Gasteiger partial charge in [0.25, 0.3) is 0 Å². The Kier molecular flexibility index (Phi) is 6.34. The zero-order valence-electron chi connectivity index (χ0n) is 17.3. The Labute approximate surface area is 196 Å². The SMILES string of the molecule is C[C@@H]1CN(c2sc(S(=O)(=O)c3ccccc3)nc2S(=O)(=O)c2ccc(Cl)cc2)C[C@H](C)O1. The molecule has 2 heterocycles. The van der Waals surface area contributed by atoms with Crippen molar-refractivity contribution in [3.63, 3.8) is 0 Å². The molecule has 4 rings (SSSR count). The minimum atomic E-state index is -4.10. The van der Waals surface area contributed by atoms with Gasteiger partial charge >= 0.3 is 0 Å². The number of morpholine rings is 1. The van der Waals surface area contributed by atoms with Crippen molar-refractivity contribution in [2.24, 2.45) is 0 Å². The highest BCUT2D eigenvalue weighted by atomic mass is 35.5. The van der Waals surface area contributed by atoms with E-state index in [1.165, 1.54) is 36.4 Å². The van der Waals surface area contributed by atoms with E-state index >= 15 is 0 Å². The van der Waals surface area contributed by atoms with Crippen molar-refractivity contribution in [1.29, 1.82) is 0 Å². The molecule has 1 aliphatic heterocycles. The smallest absolute Gasteiger partial charge is 0.233 e. The van der Waals surface area contributed by atoms with Crippen LogP contribution < -0.4 is 4.90 Å². The molecule has 1 saturated heterocycles. The van der Waals surface area contributed by atoms with Crippen LogP contribution in [-0.4, -0.2) is 47.1 Å². The van der Waals surface area contributed by atoms with Gasteiger partial charge in [0.15, 0.2) is 5.03 Å². The fraction of sp³-hybridized carbons (Fsp3) is 0.286. The molecule has 0 amide bonds.